The molecule has 1 fully saturated rings. The average molecular weight is 234 g/mol. The zero-order valence-corrected chi connectivity index (χ0v) is 9.00. The van der Waals surface area contributed by atoms with Crippen molar-refractivity contribution < 1.29 is 19.8 Å². The Bertz CT molecular complexity index is 249. The first kappa shape index (κ1) is 12.3. The number of hydrogen-bond donors (Lipinski definition) is 3. The number of imide groups is 1. The van der Waals surface area contributed by atoms with Gasteiger partial charge in [0.05, 0.1) is 18.5 Å². The monoisotopic (exact) mass is 234 g/mol. The maximum Gasteiger partial charge on any atom is 0.324 e. The summed E-state index contributed by atoms with van der Waals surface area (Å²) in [6, 6.07) is -0.358. The molecule has 0 spiro atoms. The van der Waals surface area contributed by atoms with E-state index in [0.29, 0.717) is 13.1 Å². The van der Waals surface area contributed by atoms with Gasteiger partial charge in [0.15, 0.2) is 0 Å². The lowest BCUT2D eigenvalue weighted by atomic mass is 10.4. The van der Waals surface area contributed by atoms with Crippen molar-refractivity contribution >= 4 is 23.7 Å². The minimum absolute atomic E-state index is 0.143. The van der Waals surface area contributed by atoms with Gasteiger partial charge in [-0.2, -0.15) is 0 Å². The van der Waals surface area contributed by atoms with Crippen LogP contribution in [0.1, 0.15) is 0 Å². The number of urea groups is 1. The lowest BCUT2D eigenvalue weighted by molar-refractivity contribution is -0.124. The zero-order chi connectivity index (χ0) is 11.3. The first-order valence-electron chi connectivity index (χ1n) is 4.60. The first-order valence-corrected chi connectivity index (χ1v) is 5.75. The minimum Gasteiger partial charge on any atom is -0.394 e. The normalized spacial score (nSPS) is 17.7. The van der Waals surface area contributed by atoms with E-state index in [1.807, 2.05) is 0 Å². The number of carbonyl (C=O) groups is 2. The molecule has 0 saturated carbocycles. The van der Waals surface area contributed by atoms with Gasteiger partial charge in [-0.1, -0.05) is 0 Å². The van der Waals surface area contributed by atoms with E-state index in [9.17, 15) is 9.59 Å². The van der Waals surface area contributed by atoms with Crippen LogP contribution < -0.4 is 5.32 Å². The number of carbonyl (C=O) groups excluding carboxylic acids is 2. The summed E-state index contributed by atoms with van der Waals surface area (Å²) >= 11 is 1.20. The SMILES string of the molecule is O=C(CSCC(O)CO)N1CCNC1=O. The van der Waals surface area contributed by atoms with Crippen LogP contribution in [0.25, 0.3) is 0 Å². The summed E-state index contributed by atoms with van der Waals surface area (Å²) in [5, 5.41) is 20.1. The van der Waals surface area contributed by atoms with E-state index in [1.54, 1.807) is 0 Å². The van der Waals surface area contributed by atoms with Gasteiger partial charge in [-0.25, -0.2) is 4.79 Å². The molecular weight excluding hydrogens is 220 g/mol. The van der Waals surface area contributed by atoms with E-state index >= 15 is 0 Å². The summed E-state index contributed by atoms with van der Waals surface area (Å²) in [6.07, 6.45) is -0.810. The molecule has 1 aliphatic rings. The van der Waals surface area contributed by atoms with Crippen LogP contribution >= 0.6 is 11.8 Å². The van der Waals surface area contributed by atoms with Gasteiger partial charge in [-0.3, -0.25) is 9.69 Å². The van der Waals surface area contributed by atoms with E-state index in [2.05, 4.69) is 5.32 Å². The number of nitrogens with zero attached hydrogens (tertiary/aromatic N) is 1. The Balaban J connectivity index is 2.21. The van der Waals surface area contributed by atoms with E-state index in [1.165, 1.54) is 11.8 Å². The maximum absolute atomic E-state index is 11.4. The highest BCUT2D eigenvalue weighted by Gasteiger charge is 2.25. The average Bonchev–Trinajstić information content (AvgIpc) is 2.64. The molecule has 0 radical (unpaired) electrons. The molecule has 1 saturated heterocycles. The third kappa shape index (κ3) is 3.69. The molecule has 1 heterocycles. The van der Waals surface area contributed by atoms with Crippen molar-refractivity contribution in [3.8, 4) is 0 Å². The largest absolute Gasteiger partial charge is 0.394 e. The van der Waals surface area contributed by atoms with E-state index in [0.717, 1.165) is 4.90 Å². The number of aliphatic hydroxyl groups excluding tert-OH is 2. The number of thioether (sulfide) groups is 1. The van der Waals surface area contributed by atoms with Gasteiger partial charge in [0.2, 0.25) is 5.91 Å². The predicted molar refractivity (Wildman–Crippen MR) is 55.5 cm³/mol. The fourth-order valence-corrected chi connectivity index (χ4v) is 1.95. The van der Waals surface area contributed by atoms with Crippen molar-refractivity contribution in [3.63, 3.8) is 0 Å². The molecule has 1 unspecified atom stereocenters. The van der Waals surface area contributed by atoms with Crippen molar-refractivity contribution in [1.82, 2.24) is 10.2 Å². The quantitative estimate of drug-likeness (QED) is 0.546. The molecule has 0 aliphatic carbocycles. The molecule has 0 aromatic heterocycles. The first-order chi connectivity index (χ1) is 7.15. The van der Waals surface area contributed by atoms with Crippen molar-refractivity contribution in [2.24, 2.45) is 0 Å². The summed E-state index contributed by atoms with van der Waals surface area (Å²) in [5.41, 5.74) is 0. The summed E-state index contributed by atoms with van der Waals surface area (Å²) in [6.45, 7) is 0.584. The van der Waals surface area contributed by atoms with Gasteiger partial charge in [0, 0.05) is 18.8 Å². The van der Waals surface area contributed by atoms with Crippen LogP contribution in [-0.2, 0) is 4.79 Å². The van der Waals surface area contributed by atoms with Crippen molar-refractivity contribution in [2.45, 2.75) is 6.10 Å². The van der Waals surface area contributed by atoms with Crippen LogP contribution in [-0.4, -0.2) is 64.4 Å². The predicted octanol–water partition coefficient (Wildman–Crippen LogP) is -1.38. The number of aliphatic hydroxyl groups is 2. The number of rotatable bonds is 5. The third-order valence-electron chi connectivity index (χ3n) is 1.90. The highest BCUT2D eigenvalue weighted by molar-refractivity contribution is 7.99. The highest BCUT2D eigenvalue weighted by Crippen LogP contribution is 2.06. The molecule has 1 aliphatic heterocycles. The van der Waals surface area contributed by atoms with Crippen LogP contribution in [0, 0.1) is 0 Å². The van der Waals surface area contributed by atoms with Gasteiger partial charge in [0.1, 0.15) is 0 Å². The lowest BCUT2D eigenvalue weighted by Crippen LogP contribution is -2.35. The van der Waals surface area contributed by atoms with Crippen LogP contribution in [0.4, 0.5) is 4.79 Å². The van der Waals surface area contributed by atoms with E-state index in [-0.39, 0.29) is 30.1 Å². The Morgan fingerprint density at radius 2 is 2.40 bits per heavy atom. The summed E-state index contributed by atoms with van der Waals surface area (Å²) < 4.78 is 0. The Morgan fingerprint density at radius 3 is 2.93 bits per heavy atom. The Hall–Kier alpha value is -0.790. The molecule has 0 aromatic carbocycles. The van der Waals surface area contributed by atoms with Crippen molar-refractivity contribution in [1.29, 1.82) is 0 Å². The van der Waals surface area contributed by atoms with Crippen LogP contribution in [0.2, 0.25) is 0 Å². The molecule has 6 nitrogen and oxygen atoms in total. The van der Waals surface area contributed by atoms with Gasteiger partial charge in [-0.05, 0) is 0 Å². The number of hydrogen-bond acceptors (Lipinski definition) is 5. The molecule has 3 amide bonds. The maximum atomic E-state index is 11.4. The number of amides is 3. The zero-order valence-electron chi connectivity index (χ0n) is 8.18. The fraction of sp³-hybridized carbons (Fsp3) is 0.750. The van der Waals surface area contributed by atoms with Gasteiger partial charge >= 0.3 is 6.03 Å². The van der Waals surface area contributed by atoms with Crippen molar-refractivity contribution in [3.05, 3.63) is 0 Å². The second kappa shape index (κ2) is 5.94. The Kier molecular flexibility index (Phi) is 4.86. The van der Waals surface area contributed by atoms with Gasteiger partial charge < -0.3 is 15.5 Å². The van der Waals surface area contributed by atoms with Crippen LogP contribution in [0.3, 0.4) is 0 Å². The summed E-state index contributed by atoms with van der Waals surface area (Å²) in [5.74, 6) is 0.169. The van der Waals surface area contributed by atoms with Gasteiger partial charge in [-0.15, -0.1) is 11.8 Å². The van der Waals surface area contributed by atoms with Crippen LogP contribution in [0.15, 0.2) is 0 Å². The molecular formula is C8H14N2O4S. The molecule has 0 aromatic rings. The summed E-state index contributed by atoms with van der Waals surface area (Å²) in [7, 11) is 0. The number of nitrogens with one attached hydrogen (secondary N) is 1. The van der Waals surface area contributed by atoms with Gasteiger partial charge in [0.25, 0.3) is 0 Å². The summed E-state index contributed by atoms with van der Waals surface area (Å²) in [4.78, 5) is 23.6. The Labute approximate surface area is 91.6 Å². The molecule has 15 heavy (non-hydrogen) atoms. The second-order valence-corrected chi connectivity index (χ2v) is 4.16. The van der Waals surface area contributed by atoms with Crippen LogP contribution in [0.5, 0.6) is 0 Å². The molecule has 3 N–H and O–H groups in total. The molecule has 86 valence electrons. The third-order valence-corrected chi connectivity index (χ3v) is 2.98. The lowest BCUT2D eigenvalue weighted by Gasteiger charge is -2.12. The molecule has 1 rings (SSSR count). The van der Waals surface area contributed by atoms with E-state index in [4.69, 9.17) is 10.2 Å². The standard InChI is InChI=1S/C8H14N2O4S/c11-3-6(12)4-15-5-7(13)10-2-1-9-8(10)14/h6,11-12H,1-5H2,(H,9,14). The topological polar surface area (TPSA) is 89.9 Å². The fourth-order valence-electron chi connectivity index (χ4n) is 1.12. The highest BCUT2D eigenvalue weighted by atomic mass is 32.2. The smallest absolute Gasteiger partial charge is 0.324 e. The van der Waals surface area contributed by atoms with E-state index < -0.39 is 6.10 Å². The molecule has 1 atom stereocenters. The molecule has 7 heteroatoms. The van der Waals surface area contributed by atoms with Crippen molar-refractivity contribution in [2.75, 3.05) is 31.2 Å². The molecule has 0 bridgehead atoms. The second-order valence-electron chi connectivity index (χ2n) is 3.13. The Morgan fingerprint density at radius 1 is 1.67 bits per heavy atom. The minimum atomic E-state index is -0.810.